The van der Waals surface area contributed by atoms with Crippen LogP contribution in [0, 0.1) is 0 Å². The number of carbonyl (C=O) groups is 2. The van der Waals surface area contributed by atoms with Gasteiger partial charge in [-0.25, -0.2) is 9.59 Å². The average molecular weight is 769 g/mol. The Balaban J connectivity index is 1.83. The molecule has 0 saturated heterocycles. The van der Waals surface area contributed by atoms with E-state index in [1.165, 1.54) is 225 Å². The molecule has 0 heterocycles. The maximum absolute atomic E-state index is 12.7. The van der Waals surface area contributed by atoms with Crippen LogP contribution in [0.5, 0.6) is 0 Å². The molecule has 4 heteroatoms. The van der Waals surface area contributed by atoms with Crippen LogP contribution in [-0.4, -0.2) is 25.2 Å². The van der Waals surface area contributed by atoms with Crippen molar-refractivity contribution in [3.8, 4) is 0 Å². The molecular formula is C51H92O4. The van der Waals surface area contributed by atoms with Crippen molar-refractivity contribution in [3.05, 3.63) is 35.4 Å². The lowest BCUT2D eigenvalue weighted by Gasteiger charge is -2.10. The Hall–Kier alpha value is -1.84. The average Bonchev–Trinajstić information content (AvgIpc) is 3.20. The van der Waals surface area contributed by atoms with Crippen LogP contribution in [0.1, 0.15) is 285 Å². The molecule has 0 saturated carbocycles. The van der Waals surface area contributed by atoms with Gasteiger partial charge in [-0.2, -0.15) is 0 Å². The van der Waals surface area contributed by atoms with E-state index in [9.17, 15) is 9.59 Å². The molecule has 0 aliphatic heterocycles. The van der Waals surface area contributed by atoms with Gasteiger partial charge in [0.2, 0.25) is 0 Å². The highest BCUT2D eigenvalue weighted by atomic mass is 16.5. The van der Waals surface area contributed by atoms with Crippen molar-refractivity contribution in [2.45, 2.75) is 264 Å². The number of esters is 2. The Morgan fingerprint density at radius 2 is 0.491 bits per heavy atom. The van der Waals surface area contributed by atoms with Crippen molar-refractivity contribution in [2.75, 3.05) is 13.2 Å². The van der Waals surface area contributed by atoms with Crippen LogP contribution in [0.4, 0.5) is 0 Å². The van der Waals surface area contributed by atoms with Crippen LogP contribution in [0.2, 0.25) is 0 Å². The Morgan fingerprint density at radius 3 is 0.691 bits per heavy atom. The van der Waals surface area contributed by atoms with Gasteiger partial charge in [0.25, 0.3) is 0 Å². The van der Waals surface area contributed by atoms with Gasteiger partial charge in [0.05, 0.1) is 24.3 Å². The maximum atomic E-state index is 12.7. The van der Waals surface area contributed by atoms with E-state index in [1.54, 1.807) is 24.3 Å². The predicted molar refractivity (Wildman–Crippen MR) is 238 cm³/mol. The highest BCUT2D eigenvalue weighted by Crippen LogP contribution is 2.18. The molecule has 0 aromatic heterocycles. The standard InChI is InChI=1S/C51H92O4/c1-3-5-7-9-11-13-14-15-16-17-18-19-20-21-22-23-24-25-26-27-28-29-30-31-32-33-34-35-37-39-43-47-55-51(53)49-45-41-40-44-48(49)50(52)54-46-42-38-36-12-10-8-6-4-2/h40-41,44-45H,3-39,42-43,46-47H2,1-2H3. The Bertz CT molecular complexity index is 958. The number of benzene rings is 1. The van der Waals surface area contributed by atoms with Gasteiger partial charge in [0, 0.05) is 0 Å². The highest BCUT2D eigenvalue weighted by molar-refractivity contribution is 6.03. The largest absolute Gasteiger partial charge is 0.462 e. The molecule has 0 radical (unpaired) electrons. The molecule has 1 aromatic rings. The van der Waals surface area contributed by atoms with E-state index in [2.05, 4.69) is 13.8 Å². The molecule has 0 fully saturated rings. The van der Waals surface area contributed by atoms with Gasteiger partial charge in [-0.3, -0.25) is 0 Å². The molecular weight excluding hydrogens is 677 g/mol. The minimum Gasteiger partial charge on any atom is -0.462 e. The van der Waals surface area contributed by atoms with Gasteiger partial charge < -0.3 is 9.47 Å². The van der Waals surface area contributed by atoms with Crippen molar-refractivity contribution >= 4 is 11.9 Å². The summed E-state index contributed by atoms with van der Waals surface area (Å²) >= 11 is 0. The molecule has 320 valence electrons. The molecule has 0 unspecified atom stereocenters. The van der Waals surface area contributed by atoms with Gasteiger partial charge in [0.1, 0.15) is 0 Å². The van der Waals surface area contributed by atoms with Gasteiger partial charge in [-0.15, -0.1) is 0 Å². The van der Waals surface area contributed by atoms with Crippen molar-refractivity contribution in [2.24, 2.45) is 0 Å². The topological polar surface area (TPSA) is 52.6 Å². The van der Waals surface area contributed by atoms with Crippen LogP contribution in [-0.2, 0) is 9.47 Å². The van der Waals surface area contributed by atoms with Gasteiger partial charge in [0.15, 0.2) is 0 Å². The first kappa shape index (κ1) is 51.2. The number of hydrogen-bond acceptors (Lipinski definition) is 4. The summed E-state index contributed by atoms with van der Waals surface area (Å²) in [7, 11) is 0. The van der Waals surface area contributed by atoms with E-state index in [0.29, 0.717) is 24.3 Å². The van der Waals surface area contributed by atoms with Gasteiger partial charge >= 0.3 is 11.9 Å². The number of rotatable bonds is 43. The van der Waals surface area contributed by atoms with Gasteiger partial charge in [-0.05, 0) is 25.0 Å². The van der Waals surface area contributed by atoms with Crippen molar-refractivity contribution in [3.63, 3.8) is 0 Å². The summed E-state index contributed by atoms with van der Waals surface area (Å²) in [6.45, 7) is 5.34. The van der Waals surface area contributed by atoms with Crippen LogP contribution in [0.25, 0.3) is 0 Å². The zero-order chi connectivity index (χ0) is 39.5. The summed E-state index contributed by atoms with van der Waals surface area (Å²) in [4.78, 5) is 25.4. The maximum Gasteiger partial charge on any atom is 0.339 e. The number of carbonyl (C=O) groups excluding carboxylic acids is 2. The van der Waals surface area contributed by atoms with Gasteiger partial charge in [-0.1, -0.05) is 264 Å². The first-order valence-corrected chi connectivity index (χ1v) is 24.6. The third-order valence-corrected chi connectivity index (χ3v) is 11.6. The fraction of sp³-hybridized carbons (Fsp3) is 0.843. The molecule has 0 aliphatic rings. The third kappa shape index (κ3) is 34.0. The normalized spacial score (nSPS) is 11.3. The van der Waals surface area contributed by atoms with Crippen molar-refractivity contribution in [1.29, 1.82) is 0 Å². The van der Waals surface area contributed by atoms with Crippen molar-refractivity contribution in [1.82, 2.24) is 0 Å². The zero-order valence-electron chi connectivity index (χ0n) is 36.9. The molecule has 1 rings (SSSR count). The second kappa shape index (κ2) is 41.8. The second-order valence-corrected chi connectivity index (χ2v) is 16.9. The van der Waals surface area contributed by atoms with E-state index in [-0.39, 0.29) is 0 Å². The summed E-state index contributed by atoms with van der Waals surface area (Å²) in [6.07, 6.45) is 52.8. The summed E-state index contributed by atoms with van der Waals surface area (Å²) < 4.78 is 11.0. The SMILES string of the molecule is CCCCCCCCCCCCCCCCCCCCCCCCCCCCCCCCCOC(=O)c1ccccc1C(=O)OCCCCCCCCCC. The fourth-order valence-corrected chi connectivity index (χ4v) is 7.86. The van der Waals surface area contributed by atoms with Crippen LogP contribution < -0.4 is 0 Å². The molecule has 0 amide bonds. The lowest BCUT2D eigenvalue weighted by atomic mass is 10.0. The van der Waals surface area contributed by atoms with E-state index in [0.717, 1.165) is 25.7 Å². The Morgan fingerprint density at radius 1 is 0.309 bits per heavy atom. The third-order valence-electron chi connectivity index (χ3n) is 11.6. The molecule has 0 atom stereocenters. The van der Waals surface area contributed by atoms with Crippen LogP contribution in [0.3, 0.4) is 0 Å². The Labute approximate surface area is 342 Å². The lowest BCUT2D eigenvalue weighted by molar-refractivity contribution is 0.0450. The predicted octanol–water partition coefficient (Wildman–Crippen LogP) is 17.3. The van der Waals surface area contributed by atoms with Crippen LogP contribution in [0.15, 0.2) is 24.3 Å². The number of ether oxygens (including phenoxy) is 2. The number of unbranched alkanes of at least 4 members (excludes halogenated alkanes) is 37. The smallest absolute Gasteiger partial charge is 0.339 e. The summed E-state index contributed by atoms with van der Waals surface area (Å²) in [5.41, 5.74) is 0.618. The molecule has 1 aromatic carbocycles. The zero-order valence-corrected chi connectivity index (χ0v) is 36.9. The highest BCUT2D eigenvalue weighted by Gasteiger charge is 2.18. The summed E-state index contributed by atoms with van der Waals surface area (Å²) in [5, 5.41) is 0. The molecule has 4 nitrogen and oxygen atoms in total. The molecule has 0 aliphatic carbocycles. The Kier molecular flexibility index (Phi) is 38.9. The first-order chi connectivity index (χ1) is 27.2. The van der Waals surface area contributed by atoms with E-state index < -0.39 is 11.9 Å². The van der Waals surface area contributed by atoms with Crippen molar-refractivity contribution < 1.29 is 19.1 Å². The van der Waals surface area contributed by atoms with E-state index in [1.807, 2.05) is 0 Å². The summed E-state index contributed by atoms with van der Waals surface area (Å²) in [5.74, 6) is -0.855. The molecule has 0 spiro atoms. The fourth-order valence-electron chi connectivity index (χ4n) is 7.86. The quantitative estimate of drug-likeness (QED) is 0.0490. The molecule has 0 N–H and O–H groups in total. The monoisotopic (exact) mass is 769 g/mol. The second-order valence-electron chi connectivity index (χ2n) is 16.9. The molecule has 0 bridgehead atoms. The molecule has 55 heavy (non-hydrogen) atoms. The minimum absolute atomic E-state index is 0.308. The van der Waals surface area contributed by atoms with E-state index in [4.69, 9.17) is 9.47 Å². The summed E-state index contributed by atoms with van der Waals surface area (Å²) in [6, 6.07) is 6.87. The van der Waals surface area contributed by atoms with E-state index >= 15 is 0 Å². The number of hydrogen-bond donors (Lipinski definition) is 0. The first-order valence-electron chi connectivity index (χ1n) is 24.6. The van der Waals surface area contributed by atoms with Crippen LogP contribution >= 0.6 is 0 Å². The minimum atomic E-state index is -0.429. The lowest BCUT2D eigenvalue weighted by Crippen LogP contribution is -2.15.